The minimum Gasteiger partial charge on any atom is -0.466 e. The van der Waals surface area contributed by atoms with Gasteiger partial charge in [-0.2, -0.15) is 13.2 Å². The number of piperidine rings is 1. The summed E-state index contributed by atoms with van der Waals surface area (Å²) >= 11 is 0. The second-order valence-corrected chi connectivity index (χ2v) is 8.21. The van der Waals surface area contributed by atoms with Crippen molar-refractivity contribution in [3.63, 3.8) is 0 Å². The maximum atomic E-state index is 13.3. The van der Waals surface area contributed by atoms with Gasteiger partial charge in [-0.25, -0.2) is 0 Å². The summed E-state index contributed by atoms with van der Waals surface area (Å²) < 4.78 is 50.8. The molecule has 0 N–H and O–H groups in total. The maximum absolute atomic E-state index is 13.3. The van der Waals surface area contributed by atoms with Crippen LogP contribution in [0.3, 0.4) is 0 Å². The van der Waals surface area contributed by atoms with Crippen LogP contribution in [0.4, 0.5) is 13.2 Å². The van der Waals surface area contributed by atoms with Gasteiger partial charge in [-0.15, -0.1) is 0 Å². The van der Waals surface area contributed by atoms with Crippen LogP contribution < -0.4 is 0 Å². The summed E-state index contributed by atoms with van der Waals surface area (Å²) in [6.45, 7) is 3.92. The van der Waals surface area contributed by atoms with Crippen molar-refractivity contribution in [1.29, 1.82) is 0 Å². The zero-order valence-electron chi connectivity index (χ0n) is 17.4. The molecule has 0 spiro atoms. The zero-order chi connectivity index (χ0) is 22.1. The number of nitrogens with zero attached hydrogens (tertiary/aromatic N) is 1. The van der Waals surface area contributed by atoms with Gasteiger partial charge in [0, 0.05) is 19.0 Å². The molecule has 2 aromatic rings. The number of likely N-dealkylation sites (tertiary alicyclic amines) is 1. The molecule has 2 aromatic carbocycles. The van der Waals surface area contributed by atoms with Crippen LogP contribution in [0.15, 0.2) is 54.6 Å². The first-order valence-electron chi connectivity index (χ1n) is 10.6. The number of carbonyl (C=O) groups excluding carboxylic acids is 1. The highest BCUT2D eigenvalue weighted by atomic mass is 19.4. The van der Waals surface area contributed by atoms with E-state index in [0.29, 0.717) is 44.9 Å². The van der Waals surface area contributed by atoms with Crippen LogP contribution >= 0.6 is 0 Å². The van der Waals surface area contributed by atoms with Crippen molar-refractivity contribution in [2.24, 2.45) is 5.92 Å². The number of ether oxygens (including phenoxy) is 2. The van der Waals surface area contributed by atoms with E-state index in [0.717, 1.165) is 11.6 Å². The standard InChI is InChI=1S/C24H26F3NO3/c1-2-31-22(29)20-11-12-28(14-21(20)17-7-4-3-5-8-17)23(15-30-16-23)18-9-6-10-19(13-18)24(25,26)27/h3-10,13,20-21H,2,11-12,14-16H2,1H3/t20-,21+/m1/s1. The summed E-state index contributed by atoms with van der Waals surface area (Å²) in [5.41, 5.74) is 0.366. The molecule has 0 amide bonds. The smallest absolute Gasteiger partial charge is 0.416 e. The molecule has 0 aromatic heterocycles. The molecule has 0 radical (unpaired) electrons. The van der Waals surface area contributed by atoms with Crippen LogP contribution in [0.25, 0.3) is 0 Å². The first kappa shape index (κ1) is 21.8. The van der Waals surface area contributed by atoms with Gasteiger partial charge in [0.05, 0.1) is 36.8 Å². The highest BCUT2D eigenvalue weighted by Crippen LogP contribution is 2.44. The van der Waals surface area contributed by atoms with Gasteiger partial charge in [-0.1, -0.05) is 42.5 Å². The number of alkyl halides is 3. The first-order valence-corrected chi connectivity index (χ1v) is 10.6. The lowest BCUT2D eigenvalue weighted by atomic mass is 9.76. The predicted octanol–water partition coefficient (Wildman–Crippen LogP) is 4.60. The number of hydrogen-bond donors (Lipinski definition) is 0. The van der Waals surface area contributed by atoms with Gasteiger partial charge in [0.2, 0.25) is 0 Å². The molecular weight excluding hydrogens is 407 g/mol. The van der Waals surface area contributed by atoms with Crippen LogP contribution in [0.5, 0.6) is 0 Å². The molecule has 4 nitrogen and oxygen atoms in total. The predicted molar refractivity (Wildman–Crippen MR) is 109 cm³/mol. The number of hydrogen-bond acceptors (Lipinski definition) is 4. The van der Waals surface area contributed by atoms with Crippen LogP contribution in [-0.4, -0.2) is 43.8 Å². The van der Waals surface area contributed by atoms with Crippen molar-refractivity contribution in [2.75, 3.05) is 32.9 Å². The van der Waals surface area contributed by atoms with E-state index < -0.39 is 17.3 Å². The molecule has 2 heterocycles. The van der Waals surface area contributed by atoms with Crippen LogP contribution in [0, 0.1) is 5.92 Å². The lowest BCUT2D eigenvalue weighted by molar-refractivity contribution is -0.167. The van der Waals surface area contributed by atoms with Gasteiger partial charge in [0.1, 0.15) is 0 Å². The molecule has 7 heteroatoms. The first-order chi connectivity index (χ1) is 14.8. The number of rotatable bonds is 5. The summed E-state index contributed by atoms with van der Waals surface area (Å²) in [7, 11) is 0. The molecule has 2 aliphatic rings. The molecule has 2 atom stereocenters. The van der Waals surface area contributed by atoms with Crippen molar-refractivity contribution in [3.8, 4) is 0 Å². The third-order valence-corrected chi connectivity index (χ3v) is 6.44. The molecule has 2 fully saturated rings. The number of benzene rings is 2. The molecule has 0 aliphatic carbocycles. The number of carbonyl (C=O) groups is 1. The van der Waals surface area contributed by atoms with Gasteiger partial charge in [-0.3, -0.25) is 9.69 Å². The number of halogens is 3. The molecule has 2 saturated heterocycles. The summed E-state index contributed by atoms with van der Waals surface area (Å²) in [5, 5.41) is 0. The van der Waals surface area contributed by atoms with Crippen LogP contribution in [0.1, 0.15) is 36.0 Å². The highest BCUT2D eigenvalue weighted by molar-refractivity contribution is 5.74. The average molecular weight is 433 g/mol. The zero-order valence-corrected chi connectivity index (χ0v) is 17.4. The SMILES string of the molecule is CCOC(=O)[C@@H]1CCN(C2(c3cccc(C(F)(F)F)c3)COC2)C[C@H]1c1ccccc1. The van der Waals surface area contributed by atoms with E-state index in [2.05, 4.69) is 4.90 Å². The molecular formula is C24H26F3NO3. The summed E-state index contributed by atoms with van der Waals surface area (Å²) in [6, 6.07) is 15.3. The van der Waals surface area contributed by atoms with E-state index in [4.69, 9.17) is 9.47 Å². The quantitative estimate of drug-likeness (QED) is 0.646. The van der Waals surface area contributed by atoms with Gasteiger partial charge in [-0.05, 0) is 36.6 Å². The molecule has 0 saturated carbocycles. The largest absolute Gasteiger partial charge is 0.466 e. The molecule has 0 bridgehead atoms. The molecule has 4 rings (SSSR count). The van der Waals surface area contributed by atoms with Crippen molar-refractivity contribution < 1.29 is 27.4 Å². The summed E-state index contributed by atoms with van der Waals surface area (Å²) in [5.74, 6) is -0.593. The second kappa shape index (κ2) is 8.63. The number of esters is 1. The van der Waals surface area contributed by atoms with Gasteiger partial charge in [0.15, 0.2) is 0 Å². The topological polar surface area (TPSA) is 38.8 Å². The fourth-order valence-corrected chi connectivity index (χ4v) is 4.72. The third kappa shape index (κ3) is 4.21. The lowest BCUT2D eigenvalue weighted by Crippen LogP contribution is -2.62. The monoisotopic (exact) mass is 433 g/mol. The summed E-state index contributed by atoms with van der Waals surface area (Å²) in [4.78, 5) is 14.9. The van der Waals surface area contributed by atoms with E-state index >= 15 is 0 Å². The average Bonchev–Trinajstić information content (AvgIpc) is 2.73. The molecule has 2 aliphatic heterocycles. The van der Waals surface area contributed by atoms with Crippen molar-refractivity contribution in [1.82, 2.24) is 4.90 Å². The Kier molecular flexibility index (Phi) is 6.08. The summed E-state index contributed by atoms with van der Waals surface area (Å²) in [6.07, 6.45) is -3.82. The Morgan fingerprint density at radius 1 is 1.16 bits per heavy atom. The Bertz CT molecular complexity index is 912. The minimum absolute atomic E-state index is 0.0997. The molecule has 31 heavy (non-hydrogen) atoms. The fourth-order valence-electron chi connectivity index (χ4n) is 4.72. The van der Waals surface area contributed by atoms with Crippen LogP contribution in [0.2, 0.25) is 0 Å². The van der Waals surface area contributed by atoms with E-state index in [1.54, 1.807) is 13.0 Å². The van der Waals surface area contributed by atoms with Crippen LogP contribution in [-0.2, 0) is 26.0 Å². The van der Waals surface area contributed by atoms with Crippen molar-refractivity contribution >= 4 is 5.97 Å². The Balaban J connectivity index is 1.66. The molecule has 166 valence electrons. The van der Waals surface area contributed by atoms with Gasteiger partial charge < -0.3 is 9.47 Å². The Hall–Kier alpha value is -2.38. The fraction of sp³-hybridized carbons (Fsp3) is 0.458. The van der Waals surface area contributed by atoms with Gasteiger partial charge >= 0.3 is 12.1 Å². The normalized spacial score (nSPS) is 23.7. The Morgan fingerprint density at radius 2 is 1.90 bits per heavy atom. The highest BCUT2D eigenvalue weighted by Gasteiger charge is 2.50. The third-order valence-electron chi connectivity index (χ3n) is 6.44. The van der Waals surface area contributed by atoms with E-state index in [9.17, 15) is 18.0 Å². The van der Waals surface area contributed by atoms with E-state index in [1.165, 1.54) is 12.1 Å². The van der Waals surface area contributed by atoms with Crippen molar-refractivity contribution in [2.45, 2.75) is 31.0 Å². The maximum Gasteiger partial charge on any atom is 0.416 e. The van der Waals surface area contributed by atoms with Crippen molar-refractivity contribution in [3.05, 3.63) is 71.3 Å². The Labute approximate surface area is 180 Å². The Morgan fingerprint density at radius 3 is 2.52 bits per heavy atom. The minimum atomic E-state index is -4.40. The molecule has 0 unspecified atom stereocenters. The second-order valence-electron chi connectivity index (χ2n) is 8.21. The van der Waals surface area contributed by atoms with Gasteiger partial charge in [0.25, 0.3) is 0 Å². The lowest BCUT2D eigenvalue weighted by Gasteiger charge is -2.53. The van der Waals surface area contributed by atoms with E-state index in [-0.39, 0.29) is 17.8 Å². The van der Waals surface area contributed by atoms with E-state index in [1.807, 2.05) is 30.3 Å².